The Balaban J connectivity index is 1.53. The van der Waals surface area contributed by atoms with Crippen LogP contribution in [-0.2, 0) is 11.3 Å². The molecule has 29 heavy (non-hydrogen) atoms. The van der Waals surface area contributed by atoms with Gasteiger partial charge in [-0.3, -0.25) is 4.79 Å². The molecule has 0 bridgehead atoms. The van der Waals surface area contributed by atoms with Gasteiger partial charge in [-0.1, -0.05) is 24.3 Å². The number of benzene rings is 3. The molecule has 3 aromatic carbocycles. The minimum Gasteiger partial charge on any atom is -0.493 e. The second-order valence-electron chi connectivity index (χ2n) is 6.49. The maximum absolute atomic E-state index is 12.9. The lowest BCUT2D eigenvalue weighted by atomic mass is 10.2. The molecule has 0 saturated heterocycles. The molecule has 1 atom stereocenters. The summed E-state index contributed by atoms with van der Waals surface area (Å²) in [5.74, 6) is 1.50. The van der Waals surface area contributed by atoms with Crippen molar-refractivity contribution in [3.8, 4) is 17.2 Å². The quantitative estimate of drug-likeness (QED) is 0.579. The van der Waals surface area contributed by atoms with Gasteiger partial charge in [0.25, 0.3) is 0 Å². The van der Waals surface area contributed by atoms with Crippen LogP contribution in [0.1, 0.15) is 12.5 Å². The van der Waals surface area contributed by atoms with Crippen LogP contribution in [-0.4, -0.2) is 19.1 Å². The summed E-state index contributed by atoms with van der Waals surface area (Å²) in [4.78, 5) is 12.3. The van der Waals surface area contributed by atoms with Crippen molar-refractivity contribution < 1.29 is 18.7 Å². The van der Waals surface area contributed by atoms with Crippen molar-refractivity contribution in [2.24, 2.45) is 0 Å². The summed E-state index contributed by atoms with van der Waals surface area (Å²) in [5, 5.41) is 5.98. The van der Waals surface area contributed by atoms with Crippen LogP contribution in [0.25, 0.3) is 0 Å². The SMILES string of the molecule is COc1ccccc1Oc1ccc(NC(C)C(=O)NCc2ccc(F)cc2)cc1. The number of para-hydroxylation sites is 2. The van der Waals surface area contributed by atoms with Crippen LogP contribution in [0, 0.1) is 5.82 Å². The van der Waals surface area contributed by atoms with Crippen LogP contribution in [0.2, 0.25) is 0 Å². The van der Waals surface area contributed by atoms with Crippen LogP contribution in [0.3, 0.4) is 0 Å². The topological polar surface area (TPSA) is 59.6 Å². The van der Waals surface area contributed by atoms with Gasteiger partial charge >= 0.3 is 0 Å². The van der Waals surface area contributed by atoms with Gasteiger partial charge in [0.1, 0.15) is 17.6 Å². The lowest BCUT2D eigenvalue weighted by molar-refractivity contribution is -0.121. The van der Waals surface area contributed by atoms with Gasteiger partial charge in [0.05, 0.1) is 7.11 Å². The van der Waals surface area contributed by atoms with Gasteiger partial charge < -0.3 is 20.1 Å². The Bertz CT molecular complexity index is 943. The molecule has 0 heterocycles. The van der Waals surface area contributed by atoms with Gasteiger partial charge in [-0.15, -0.1) is 0 Å². The van der Waals surface area contributed by atoms with E-state index in [1.165, 1.54) is 12.1 Å². The van der Waals surface area contributed by atoms with Crippen molar-refractivity contribution in [2.45, 2.75) is 19.5 Å². The number of rotatable bonds is 8. The van der Waals surface area contributed by atoms with E-state index in [0.29, 0.717) is 23.8 Å². The van der Waals surface area contributed by atoms with Gasteiger partial charge in [-0.05, 0) is 61.0 Å². The fraction of sp³-hybridized carbons (Fsp3) is 0.174. The average Bonchev–Trinajstić information content (AvgIpc) is 2.75. The predicted octanol–water partition coefficient (Wildman–Crippen LogP) is 4.74. The summed E-state index contributed by atoms with van der Waals surface area (Å²) >= 11 is 0. The largest absolute Gasteiger partial charge is 0.493 e. The first-order chi connectivity index (χ1) is 14.0. The Morgan fingerprint density at radius 2 is 1.62 bits per heavy atom. The molecule has 3 rings (SSSR count). The molecule has 1 unspecified atom stereocenters. The molecule has 1 amide bonds. The molecule has 0 saturated carbocycles. The summed E-state index contributed by atoms with van der Waals surface area (Å²) in [6.45, 7) is 2.12. The van der Waals surface area contributed by atoms with Crippen molar-refractivity contribution in [1.82, 2.24) is 5.32 Å². The Kier molecular flexibility index (Phi) is 6.68. The molecule has 0 aliphatic rings. The van der Waals surface area contributed by atoms with E-state index in [4.69, 9.17) is 9.47 Å². The Hall–Kier alpha value is -3.54. The van der Waals surface area contributed by atoms with E-state index in [9.17, 15) is 9.18 Å². The molecule has 0 fully saturated rings. The summed E-state index contributed by atoms with van der Waals surface area (Å²) in [6.07, 6.45) is 0. The number of hydrogen-bond acceptors (Lipinski definition) is 4. The highest BCUT2D eigenvalue weighted by molar-refractivity contribution is 5.84. The fourth-order valence-electron chi connectivity index (χ4n) is 2.71. The van der Waals surface area contributed by atoms with Crippen LogP contribution >= 0.6 is 0 Å². The minimum absolute atomic E-state index is 0.149. The number of hydrogen-bond donors (Lipinski definition) is 2. The third-order valence-electron chi connectivity index (χ3n) is 4.31. The van der Waals surface area contributed by atoms with E-state index in [0.717, 1.165) is 11.3 Å². The Labute approximate surface area is 169 Å². The number of anilines is 1. The van der Waals surface area contributed by atoms with E-state index in [-0.39, 0.29) is 11.7 Å². The number of carbonyl (C=O) groups excluding carboxylic acids is 1. The van der Waals surface area contributed by atoms with Gasteiger partial charge in [0.15, 0.2) is 11.5 Å². The Morgan fingerprint density at radius 1 is 0.966 bits per heavy atom. The zero-order chi connectivity index (χ0) is 20.6. The summed E-state index contributed by atoms with van der Waals surface area (Å²) < 4.78 is 24.1. The molecule has 6 heteroatoms. The van der Waals surface area contributed by atoms with Crippen LogP contribution in [0.4, 0.5) is 10.1 Å². The fourth-order valence-corrected chi connectivity index (χ4v) is 2.71. The lowest BCUT2D eigenvalue weighted by Gasteiger charge is -2.16. The first-order valence-electron chi connectivity index (χ1n) is 9.25. The standard InChI is InChI=1S/C23H23FN2O3/c1-16(23(27)25-15-17-7-9-18(24)10-8-17)26-19-11-13-20(14-12-19)29-22-6-4-3-5-21(22)28-2/h3-14,16,26H,15H2,1-2H3,(H,25,27). The van der Waals surface area contributed by atoms with Crippen LogP contribution in [0.15, 0.2) is 72.8 Å². The Morgan fingerprint density at radius 3 is 2.28 bits per heavy atom. The number of ether oxygens (including phenoxy) is 2. The average molecular weight is 394 g/mol. The summed E-state index contributed by atoms with van der Waals surface area (Å²) in [7, 11) is 1.59. The molecule has 0 spiro atoms. The minimum atomic E-state index is -0.434. The van der Waals surface area contributed by atoms with E-state index in [1.807, 2.05) is 48.5 Å². The second-order valence-corrected chi connectivity index (χ2v) is 6.49. The zero-order valence-electron chi connectivity index (χ0n) is 16.3. The van der Waals surface area contributed by atoms with Crippen molar-refractivity contribution in [3.63, 3.8) is 0 Å². The zero-order valence-corrected chi connectivity index (χ0v) is 16.3. The number of amides is 1. The predicted molar refractivity (Wildman–Crippen MR) is 111 cm³/mol. The molecular weight excluding hydrogens is 371 g/mol. The molecule has 150 valence electrons. The monoisotopic (exact) mass is 394 g/mol. The first-order valence-corrected chi connectivity index (χ1v) is 9.25. The number of methoxy groups -OCH3 is 1. The molecular formula is C23H23FN2O3. The second kappa shape index (κ2) is 9.59. The smallest absolute Gasteiger partial charge is 0.242 e. The maximum Gasteiger partial charge on any atom is 0.242 e. The lowest BCUT2D eigenvalue weighted by Crippen LogP contribution is -2.37. The molecule has 3 aromatic rings. The van der Waals surface area contributed by atoms with Gasteiger partial charge in [0.2, 0.25) is 5.91 Å². The highest BCUT2D eigenvalue weighted by atomic mass is 19.1. The van der Waals surface area contributed by atoms with Crippen molar-refractivity contribution in [2.75, 3.05) is 12.4 Å². The summed E-state index contributed by atoms with van der Waals surface area (Å²) in [5.41, 5.74) is 1.63. The molecule has 0 radical (unpaired) electrons. The van der Waals surface area contributed by atoms with E-state index in [1.54, 1.807) is 26.2 Å². The number of halogens is 1. The molecule has 2 N–H and O–H groups in total. The molecule has 5 nitrogen and oxygen atoms in total. The summed E-state index contributed by atoms with van der Waals surface area (Å²) in [6, 6.07) is 20.3. The van der Waals surface area contributed by atoms with E-state index in [2.05, 4.69) is 10.6 Å². The van der Waals surface area contributed by atoms with E-state index < -0.39 is 6.04 Å². The van der Waals surface area contributed by atoms with Gasteiger partial charge in [0, 0.05) is 12.2 Å². The number of carbonyl (C=O) groups is 1. The molecule has 0 aliphatic heterocycles. The highest BCUT2D eigenvalue weighted by Crippen LogP contribution is 2.31. The third kappa shape index (κ3) is 5.72. The molecule has 0 aliphatic carbocycles. The normalized spacial score (nSPS) is 11.4. The highest BCUT2D eigenvalue weighted by Gasteiger charge is 2.12. The van der Waals surface area contributed by atoms with Gasteiger partial charge in [-0.2, -0.15) is 0 Å². The third-order valence-corrected chi connectivity index (χ3v) is 4.31. The first kappa shape index (κ1) is 20.2. The number of nitrogens with one attached hydrogen (secondary N) is 2. The van der Waals surface area contributed by atoms with E-state index >= 15 is 0 Å². The van der Waals surface area contributed by atoms with Gasteiger partial charge in [-0.25, -0.2) is 4.39 Å². The van der Waals surface area contributed by atoms with Crippen molar-refractivity contribution in [1.29, 1.82) is 0 Å². The molecule has 0 aromatic heterocycles. The van der Waals surface area contributed by atoms with Crippen LogP contribution in [0.5, 0.6) is 17.2 Å². The van der Waals surface area contributed by atoms with Crippen molar-refractivity contribution in [3.05, 3.63) is 84.2 Å². The van der Waals surface area contributed by atoms with Crippen molar-refractivity contribution >= 4 is 11.6 Å². The maximum atomic E-state index is 12.9. The van der Waals surface area contributed by atoms with Crippen LogP contribution < -0.4 is 20.1 Å².